The number of urea groups is 1. The van der Waals surface area contributed by atoms with Gasteiger partial charge in [0.2, 0.25) is 0 Å². The number of methoxy groups -OCH3 is 1. The minimum absolute atomic E-state index is 0.115. The van der Waals surface area contributed by atoms with Crippen LogP contribution < -0.4 is 5.32 Å². The SMILES string of the molecule is CCCN1C(=O)NC(=N)C1C(=O)OC. The summed E-state index contributed by atoms with van der Waals surface area (Å²) in [6.45, 7) is 2.33. The Kier molecular flexibility index (Phi) is 3.06. The maximum absolute atomic E-state index is 11.3. The molecule has 0 aliphatic carbocycles. The van der Waals surface area contributed by atoms with Crippen molar-refractivity contribution < 1.29 is 14.3 Å². The van der Waals surface area contributed by atoms with Gasteiger partial charge in [0.15, 0.2) is 6.04 Å². The Balaban J connectivity index is 2.83. The van der Waals surface area contributed by atoms with E-state index in [0.717, 1.165) is 6.42 Å². The van der Waals surface area contributed by atoms with Crippen molar-refractivity contribution in [3.63, 3.8) is 0 Å². The number of carbonyl (C=O) groups is 2. The molecule has 0 aromatic rings. The summed E-state index contributed by atoms with van der Waals surface area (Å²) in [6.07, 6.45) is 0.730. The van der Waals surface area contributed by atoms with Crippen molar-refractivity contribution in [2.45, 2.75) is 19.4 Å². The van der Waals surface area contributed by atoms with E-state index in [2.05, 4.69) is 10.1 Å². The lowest BCUT2D eigenvalue weighted by Crippen LogP contribution is -2.42. The molecule has 1 rings (SSSR count). The smallest absolute Gasteiger partial charge is 0.336 e. The molecule has 6 nitrogen and oxygen atoms in total. The van der Waals surface area contributed by atoms with E-state index in [0.29, 0.717) is 6.54 Å². The van der Waals surface area contributed by atoms with E-state index in [1.54, 1.807) is 0 Å². The largest absolute Gasteiger partial charge is 0.467 e. The number of amides is 2. The van der Waals surface area contributed by atoms with Crippen LogP contribution in [0, 0.1) is 5.41 Å². The highest BCUT2D eigenvalue weighted by molar-refractivity contribution is 6.15. The second-order valence-corrected chi connectivity index (χ2v) is 2.96. The van der Waals surface area contributed by atoms with Gasteiger partial charge >= 0.3 is 12.0 Å². The predicted octanol–water partition coefficient (Wildman–Crippen LogP) is -0.0595. The van der Waals surface area contributed by atoms with Gasteiger partial charge in [0.1, 0.15) is 5.84 Å². The van der Waals surface area contributed by atoms with Crippen molar-refractivity contribution in [2.75, 3.05) is 13.7 Å². The van der Waals surface area contributed by atoms with Crippen LogP contribution in [0.1, 0.15) is 13.3 Å². The van der Waals surface area contributed by atoms with Crippen molar-refractivity contribution in [3.05, 3.63) is 0 Å². The summed E-state index contributed by atoms with van der Waals surface area (Å²) < 4.78 is 4.52. The van der Waals surface area contributed by atoms with E-state index in [1.165, 1.54) is 12.0 Å². The van der Waals surface area contributed by atoms with Gasteiger partial charge in [-0.3, -0.25) is 10.7 Å². The summed E-state index contributed by atoms with van der Waals surface area (Å²) in [5.41, 5.74) is 0. The number of hydrogen-bond donors (Lipinski definition) is 2. The molecule has 0 radical (unpaired) electrons. The Morgan fingerprint density at radius 2 is 2.36 bits per heavy atom. The van der Waals surface area contributed by atoms with E-state index in [1.807, 2.05) is 6.92 Å². The summed E-state index contributed by atoms with van der Waals surface area (Å²) in [7, 11) is 1.24. The Labute approximate surface area is 81.7 Å². The fraction of sp³-hybridized carbons (Fsp3) is 0.625. The van der Waals surface area contributed by atoms with Crippen LogP contribution in [0.25, 0.3) is 0 Å². The van der Waals surface area contributed by atoms with Gasteiger partial charge in [-0.15, -0.1) is 0 Å². The average molecular weight is 199 g/mol. The van der Waals surface area contributed by atoms with Crippen LogP contribution >= 0.6 is 0 Å². The van der Waals surface area contributed by atoms with E-state index in [-0.39, 0.29) is 5.84 Å². The quantitative estimate of drug-likeness (QED) is 0.625. The van der Waals surface area contributed by atoms with Crippen LogP contribution in [0.2, 0.25) is 0 Å². The molecule has 1 aliphatic heterocycles. The van der Waals surface area contributed by atoms with Crippen molar-refractivity contribution >= 4 is 17.8 Å². The minimum atomic E-state index is -0.896. The number of esters is 1. The summed E-state index contributed by atoms with van der Waals surface area (Å²) in [4.78, 5) is 23.8. The maximum Gasteiger partial charge on any atom is 0.336 e. The molecule has 1 atom stereocenters. The number of ether oxygens (including phenoxy) is 1. The highest BCUT2D eigenvalue weighted by Gasteiger charge is 2.40. The van der Waals surface area contributed by atoms with Crippen LogP contribution in [0.4, 0.5) is 4.79 Å². The summed E-state index contributed by atoms with van der Waals surface area (Å²) >= 11 is 0. The van der Waals surface area contributed by atoms with Gasteiger partial charge in [-0.05, 0) is 6.42 Å². The molecule has 14 heavy (non-hydrogen) atoms. The number of carbonyl (C=O) groups excluding carboxylic acids is 2. The van der Waals surface area contributed by atoms with Crippen LogP contribution in [0.15, 0.2) is 0 Å². The van der Waals surface area contributed by atoms with Crippen molar-refractivity contribution in [1.82, 2.24) is 10.2 Å². The van der Waals surface area contributed by atoms with Gasteiger partial charge in [-0.25, -0.2) is 9.59 Å². The zero-order valence-corrected chi connectivity index (χ0v) is 8.16. The van der Waals surface area contributed by atoms with Crippen LogP contribution in [0.5, 0.6) is 0 Å². The molecule has 2 N–H and O–H groups in total. The first-order valence-corrected chi connectivity index (χ1v) is 4.35. The van der Waals surface area contributed by atoms with Crippen LogP contribution in [0.3, 0.4) is 0 Å². The number of nitrogens with zero attached hydrogens (tertiary/aromatic N) is 1. The first kappa shape index (κ1) is 10.5. The van der Waals surface area contributed by atoms with Crippen LogP contribution in [-0.2, 0) is 9.53 Å². The van der Waals surface area contributed by atoms with E-state index in [9.17, 15) is 9.59 Å². The molecule has 1 saturated heterocycles. The Bertz CT molecular complexity index is 277. The fourth-order valence-corrected chi connectivity index (χ4v) is 1.36. The molecule has 0 saturated carbocycles. The molecule has 1 unspecified atom stereocenters. The molecule has 0 aromatic heterocycles. The molecular weight excluding hydrogens is 186 g/mol. The van der Waals surface area contributed by atoms with Gasteiger partial charge in [0, 0.05) is 6.54 Å². The monoisotopic (exact) mass is 199 g/mol. The van der Waals surface area contributed by atoms with Gasteiger partial charge in [0.25, 0.3) is 0 Å². The lowest BCUT2D eigenvalue weighted by molar-refractivity contribution is -0.143. The number of nitrogens with one attached hydrogen (secondary N) is 2. The standard InChI is InChI=1S/C8H13N3O3/c1-3-4-11-5(7(12)14-2)6(9)10-8(11)13/h5H,3-4H2,1-2H3,(H2,9,10,13). The lowest BCUT2D eigenvalue weighted by Gasteiger charge is -2.19. The Morgan fingerprint density at radius 3 is 2.86 bits per heavy atom. The summed E-state index contributed by atoms with van der Waals surface area (Å²) in [5, 5.41) is 9.69. The molecular formula is C8H13N3O3. The number of amidine groups is 1. The summed E-state index contributed by atoms with van der Waals surface area (Å²) in [6, 6.07) is -1.31. The van der Waals surface area contributed by atoms with Gasteiger partial charge in [0.05, 0.1) is 7.11 Å². The highest BCUT2D eigenvalue weighted by atomic mass is 16.5. The van der Waals surface area contributed by atoms with E-state index in [4.69, 9.17) is 5.41 Å². The van der Waals surface area contributed by atoms with Crippen LogP contribution in [-0.4, -0.2) is 42.4 Å². The van der Waals surface area contributed by atoms with Crippen molar-refractivity contribution in [2.24, 2.45) is 0 Å². The first-order valence-electron chi connectivity index (χ1n) is 4.35. The second-order valence-electron chi connectivity index (χ2n) is 2.96. The van der Waals surface area contributed by atoms with E-state index >= 15 is 0 Å². The third kappa shape index (κ3) is 1.68. The molecule has 0 aromatic carbocycles. The molecule has 78 valence electrons. The fourth-order valence-electron chi connectivity index (χ4n) is 1.36. The molecule has 0 spiro atoms. The molecule has 1 heterocycles. The lowest BCUT2D eigenvalue weighted by atomic mass is 10.2. The van der Waals surface area contributed by atoms with Crippen molar-refractivity contribution in [3.8, 4) is 0 Å². The third-order valence-corrected chi connectivity index (χ3v) is 1.98. The normalized spacial score (nSPS) is 21.0. The first-order chi connectivity index (χ1) is 6.61. The zero-order chi connectivity index (χ0) is 10.7. The van der Waals surface area contributed by atoms with Gasteiger partial charge < -0.3 is 9.64 Å². The minimum Gasteiger partial charge on any atom is -0.467 e. The van der Waals surface area contributed by atoms with Gasteiger partial charge in [-0.1, -0.05) is 6.92 Å². The van der Waals surface area contributed by atoms with Crippen molar-refractivity contribution in [1.29, 1.82) is 5.41 Å². The number of hydrogen-bond acceptors (Lipinski definition) is 4. The predicted molar refractivity (Wildman–Crippen MR) is 49.1 cm³/mol. The molecule has 6 heteroatoms. The Hall–Kier alpha value is -1.59. The topological polar surface area (TPSA) is 82.5 Å². The number of rotatable bonds is 3. The maximum atomic E-state index is 11.3. The molecule has 0 bridgehead atoms. The van der Waals surface area contributed by atoms with Gasteiger partial charge in [-0.2, -0.15) is 0 Å². The molecule has 1 fully saturated rings. The third-order valence-electron chi connectivity index (χ3n) is 1.98. The highest BCUT2D eigenvalue weighted by Crippen LogP contribution is 2.10. The average Bonchev–Trinajstić information content (AvgIpc) is 2.42. The molecule has 1 aliphatic rings. The second kappa shape index (κ2) is 4.08. The summed E-state index contributed by atoms with van der Waals surface area (Å²) in [5.74, 6) is -0.697. The molecule has 2 amide bonds. The zero-order valence-electron chi connectivity index (χ0n) is 8.16. The Morgan fingerprint density at radius 1 is 1.71 bits per heavy atom. The van der Waals surface area contributed by atoms with E-state index < -0.39 is 18.0 Å².